The Morgan fingerprint density at radius 2 is 1.81 bits per heavy atom. The van der Waals surface area contributed by atoms with Crippen LogP contribution in [0.1, 0.15) is 30.9 Å². The third-order valence-corrected chi connectivity index (χ3v) is 4.73. The molecule has 136 valence electrons. The van der Waals surface area contributed by atoms with E-state index < -0.39 is 0 Å². The van der Waals surface area contributed by atoms with Gasteiger partial charge in [0.05, 0.1) is 18.5 Å². The van der Waals surface area contributed by atoms with Crippen molar-refractivity contribution in [1.29, 1.82) is 0 Å². The largest absolute Gasteiger partial charge is 0.392 e. The zero-order valence-corrected chi connectivity index (χ0v) is 15.4. The topological polar surface area (TPSA) is 62.5 Å². The van der Waals surface area contributed by atoms with E-state index in [0.29, 0.717) is 11.7 Å². The molecular formula is C22H22N4O. The smallest absolute Gasteiger partial charge is 0.180 e. The fraction of sp³-hybridized carbons (Fsp3) is 0.182. The molecule has 27 heavy (non-hydrogen) atoms. The van der Waals surface area contributed by atoms with Gasteiger partial charge in [0.25, 0.3) is 0 Å². The quantitative estimate of drug-likeness (QED) is 0.540. The second kappa shape index (κ2) is 7.21. The van der Waals surface area contributed by atoms with E-state index in [4.69, 9.17) is 0 Å². The van der Waals surface area contributed by atoms with Gasteiger partial charge >= 0.3 is 0 Å². The van der Waals surface area contributed by atoms with Crippen molar-refractivity contribution >= 4 is 17.2 Å². The average Bonchev–Trinajstić information content (AvgIpc) is 3.13. The van der Waals surface area contributed by atoms with Crippen LogP contribution >= 0.6 is 0 Å². The highest BCUT2D eigenvalue weighted by Crippen LogP contribution is 2.28. The number of hydrogen-bond donors (Lipinski definition) is 2. The fourth-order valence-electron chi connectivity index (χ4n) is 3.20. The van der Waals surface area contributed by atoms with E-state index in [-0.39, 0.29) is 6.61 Å². The molecule has 5 nitrogen and oxygen atoms in total. The Balaban J connectivity index is 1.72. The van der Waals surface area contributed by atoms with Gasteiger partial charge in [-0.2, -0.15) is 0 Å². The van der Waals surface area contributed by atoms with Gasteiger partial charge in [-0.15, -0.1) is 0 Å². The summed E-state index contributed by atoms with van der Waals surface area (Å²) in [7, 11) is 0. The number of aliphatic hydroxyl groups excluding tert-OH is 1. The van der Waals surface area contributed by atoms with Crippen LogP contribution < -0.4 is 5.32 Å². The average molecular weight is 358 g/mol. The predicted molar refractivity (Wildman–Crippen MR) is 108 cm³/mol. The van der Waals surface area contributed by atoms with Crippen molar-refractivity contribution in [3.8, 4) is 11.3 Å². The standard InChI is InChI=1S/C22H22N4O/c1-15(2)16-7-9-18(10-8-16)25-21-22-24-13-20(26(22)12-11-23-21)19-6-4-3-5-17(19)14-27/h3-13,15,27H,14H2,1-2H3,(H,23,25). The van der Waals surface area contributed by atoms with Gasteiger partial charge in [-0.1, -0.05) is 50.2 Å². The molecule has 2 aromatic heterocycles. The van der Waals surface area contributed by atoms with E-state index in [1.807, 2.05) is 41.1 Å². The second-order valence-corrected chi connectivity index (χ2v) is 6.83. The molecule has 0 fully saturated rings. The summed E-state index contributed by atoms with van der Waals surface area (Å²) in [6, 6.07) is 16.2. The minimum absolute atomic E-state index is 0.0121. The van der Waals surface area contributed by atoms with Crippen molar-refractivity contribution in [2.45, 2.75) is 26.4 Å². The van der Waals surface area contributed by atoms with Gasteiger partial charge in [-0.25, -0.2) is 9.97 Å². The number of anilines is 2. The normalized spacial score (nSPS) is 11.3. The predicted octanol–water partition coefficient (Wildman–Crippen LogP) is 4.76. The Kier molecular flexibility index (Phi) is 4.60. The van der Waals surface area contributed by atoms with Gasteiger partial charge in [0, 0.05) is 23.6 Å². The summed E-state index contributed by atoms with van der Waals surface area (Å²) in [5.41, 5.74) is 5.78. The Labute approximate surface area is 158 Å². The molecule has 0 saturated heterocycles. The first-order chi connectivity index (χ1) is 13.2. The molecule has 2 heterocycles. The Bertz CT molecular complexity index is 1070. The minimum atomic E-state index is -0.0121. The Morgan fingerprint density at radius 3 is 2.56 bits per heavy atom. The summed E-state index contributed by atoms with van der Waals surface area (Å²) in [6.07, 6.45) is 5.46. The van der Waals surface area contributed by atoms with Crippen molar-refractivity contribution in [1.82, 2.24) is 14.4 Å². The lowest BCUT2D eigenvalue weighted by Crippen LogP contribution is -1.99. The summed E-state index contributed by atoms with van der Waals surface area (Å²) < 4.78 is 1.99. The van der Waals surface area contributed by atoms with E-state index in [1.165, 1.54) is 5.56 Å². The van der Waals surface area contributed by atoms with E-state index >= 15 is 0 Å². The monoisotopic (exact) mass is 358 g/mol. The molecule has 4 rings (SSSR count). The zero-order chi connectivity index (χ0) is 18.8. The van der Waals surface area contributed by atoms with E-state index in [1.54, 1.807) is 6.20 Å². The van der Waals surface area contributed by atoms with Crippen molar-refractivity contribution in [2.24, 2.45) is 0 Å². The van der Waals surface area contributed by atoms with Crippen LogP contribution in [0.15, 0.2) is 67.1 Å². The second-order valence-electron chi connectivity index (χ2n) is 6.83. The lowest BCUT2D eigenvalue weighted by molar-refractivity contribution is 0.282. The minimum Gasteiger partial charge on any atom is -0.392 e. The highest BCUT2D eigenvalue weighted by molar-refractivity contribution is 5.75. The molecule has 0 aliphatic carbocycles. The molecule has 5 heteroatoms. The van der Waals surface area contributed by atoms with Crippen LogP contribution in [-0.2, 0) is 6.61 Å². The van der Waals surface area contributed by atoms with Gasteiger partial charge in [0.1, 0.15) is 0 Å². The summed E-state index contributed by atoms with van der Waals surface area (Å²) in [5.74, 6) is 1.20. The molecule has 2 N–H and O–H groups in total. The molecule has 0 aliphatic rings. The van der Waals surface area contributed by atoms with Crippen LogP contribution in [-0.4, -0.2) is 19.5 Å². The SMILES string of the molecule is CC(C)c1ccc(Nc2nccn3c(-c4ccccc4CO)cnc23)cc1. The van der Waals surface area contributed by atoms with Gasteiger partial charge in [-0.3, -0.25) is 4.40 Å². The molecule has 2 aromatic carbocycles. The first-order valence-electron chi connectivity index (χ1n) is 9.05. The number of rotatable bonds is 5. The first kappa shape index (κ1) is 17.2. The highest BCUT2D eigenvalue weighted by Gasteiger charge is 2.13. The number of hydrogen-bond acceptors (Lipinski definition) is 4. The first-order valence-corrected chi connectivity index (χ1v) is 9.05. The number of aliphatic hydroxyl groups is 1. The van der Waals surface area contributed by atoms with Crippen LogP contribution in [0.25, 0.3) is 16.9 Å². The molecular weight excluding hydrogens is 336 g/mol. The van der Waals surface area contributed by atoms with Crippen LogP contribution in [0.5, 0.6) is 0 Å². The van der Waals surface area contributed by atoms with Crippen molar-refractivity contribution < 1.29 is 5.11 Å². The molecule has 0 aliphatic heterocycles. The molecule has 0 bridgehead atoms. The summed E-state index contributed by atoms with van der Waals surface area (Å²) in [4.78, 5) is 9.03. The number of imidazole rings is 1. The third-order valence-electron chi connectivity index (χ3n) is 4.73. The Hall–Kier alpha value is -3.18. The zero-order valence-electron chi connectivity index (χ0n) is 15.4. The fourth-order valence-corrected chi connectivity index (χ4v) is 3.20. The maximum Gasteiger partial charge on any atom is 0.180 e. The van der Waals surface area contributed by atoms with Crippen molar-refractivity contribution in [3.05, 3.63) is 78.2 Å². The van der Waals surface area contributed by atoms with Crippen LogP contribution in [0.2, 0.25) is 0 Å². The van der Waals surface area contributed by atoms with Gasteiger partial charge in [-0.05, 0) is 29.2 Å². The van der Waals surface area contributed by atoms with Gasteiger partial charge in [0.15, 0.2) is 11.5 Å². The number of fused-ring (bicyclic) bond motifs is 1. The highest BCUT2D eigenvalue weighted by atomic mass is 16.3. The van der Waals surface area contributed by atoms with Gasteiger partial charge < -0.3 is 10.4 Å². The molecule has 0 saturated carbocycles. The van der Waals surface area contributed by atoms with Gasteiger partial charge in [0.2, 0.25) is 0 Å². The molecule has 0 amide bonds. The van der Waals surface area contributed by atoms with Crippen LogP contribution in [0.3, 0.4) is 0 Å². The maximum absolute atomic E-state index is 9.65. The lowest BCUT2D eigenvalue weighted by Gasteiger charge is -2.10. The third kappa shape index (κ3) is 3.29. The number of aromatic nitrogens is 3. The summed E-state index contributed by atoms with van der Waals surface area (Å²) in [6.45, 7) is 4.35. The molecule has 0 radical (unpaired) electrons. The van der Waals surface area contributed by atoms with Crippen LogP contribution in [0.4, 0.5) is 11.5 Å². The maximum atomic E-state index is 9.65. The summed E-state index contributed by atoms with van der Waals surface area (Å²) in [5, 5.41) is 13.0. The molecule has 4 aromatic rings. The van der Waals surface area contributed by atoms with E-state index in [9.17, 15) is 5.11 Å². The molecule has 0 unspecified atom stereocenters. The summed E-state index contributed by atoms with van der Waals surface area (Å²) >= 11 is 0. The lowest BCUT2D eigenvalue weighted by atomic mass is 10.0. The Morgan fingerprint density at radius 1 is 1.04 bits per heavy atom. The molecule has 0 atom stereocenters. The van der Waals surface area contributed by atoms with E-state index in [0.717, 1.165) is 28.2 Å². The van der Waals surface area contributed by atoms with E-state index in [2.05, 4.69) is 53.4 Å². The van der Waals surface area contributed by atoms with Crippen molar-refractivity contribution in [3.63, 3.8) is 0 Å². The number of benzene rings is 2. The number of nitrogens with one attached hydrogen (secondary N) is 1. The molecule has 0 spiro atoms. The van der Waals surface area contributed by atoms with Crippen LogP contribution in [0, 0.1) is 0 Å². The number of nitrogens with zero attached hydrogens (tertiary/aromatic N) is 3. The van der Waals surface area contributed by atoms with Crippen molar-refractivity contribution in [2.75, 3.05) is 5.32 Å².